The van der Waals surface area contributed by atoms with E-state index in [1.54, 1.807) is 19.9 Å². The molecule has 0 unspecified atom stereocenters. The van der Waals surface area contributed by atoms with E-state index >= 15 is 0 Å². The molecule has 4 rings (SSSR count). The van der Waals surface area contributed by atoms with Gasteiger partial charge in [-0.25, -0.2) is 4.79 Å². The van der Waals surface area contributed by atoms with Crippen LogP contribution >= 0.6 is 0 Å². The molecular formula is C24H24N6O5. The Morgan fingerprint density at radius 3 is 2.31 bits per heavy atom. The number of fused-ring (bicyclic) bond motifs is 1. The second-order valence-electron chi connectivity index (χ2n) is 7.85. The van der Waals surface area contributed by atoms with Gasteiger partial charge < -0.3 is 20.2 Å². The Hall–Kier alpha value is -4.67. The lowest BCUT2D eigenvalue weighted by Gasteiger charge is -2.23. The largest absolute Gasteiger partial charge is 0.383 e. The molecule has 0 saturated heterocycles. The number of rotatable bonds is 6. The van der Waals surface area contributed by atoms with Crippen molar-refractivity contribution in [2.24, 2.45) is 0 Å². The number of benzene rings is 2. The van der Waals surface area contributed by atoms with Crippen molar-refractivity contribution in [1.29, 1.82) is 0 Å². The Bertz CT molecular complexity index is 1660. The molecule has 180 valence electrons. The summed E-state index contributed by atoms with van der Waals surface area (Å²) in [5.41, 5.74) is 4.85. The summed E-state index contributed by atoms with van der Waals surface area (Å²) in [6.07, 6.45) is 0. The van der Waals surface area contributed by atoms with Crippen molar-refractivity contribution in [3.05, 3.63) is 101 Å². The first-order chi connectivity index (χ1) is 16.8. The molecule has 0 aliphatic rings. The van der Waals surface area contributed by atoms with Crippen LogP contribution in [-0.4, -0.2) is 31.6 Å². The molecular weight excluding hydrogens is 452 g/mol. The summed E-state index contributed by atoms with van der Waals surface area (Å²) in [7, 11) is 0. The highest BCUT2D eigenvalue weighted by Crippen LogP contribution is 2.21. The fraction of sp³-hybridized carbons (Fsp3) is 0.208. The smallest absolute Gasteiger partial charge is 0.330 e. The predicted octanol–water partition coefficient (Wildman–Crippen LogP) is 0.857. The molecule has 11 heteroatoms. The number of hydrogen-bond donors (Lipinski definition) is 3. The highest BCUT2D eigenvalue weighted by molar-refractivity contribution is 6.08. The number of aromatic nitrogens is 4. The van der Waals surface area contributed by atoms with Crippen LogP contribution in [0.2, 0.25) is 0 Å². The van der Waals surface area contributed by atoms with E-state index in [0.29, 0.717) is 11.0 Å². The number of anilines is 2. The van der Waals surface area contributed by atoms with Crippen molar-refractivity contribution in [3.63, 3.8) is 0 Å². The third-order valence-electron chi connectivity index (χ3n) is 5.77. The van der Waals surface area contributed by atoms with E-state index in [-0.39, 0.29) is 36.7 Å². The summed E-state index contributed by atoms with van der Waals surface area (Å²) in [5, 5.41) is 0. The van der Waals surface area contributed by atoms with Crippen LogP contribution in [0.5, 0.6) is 0 Å². The summed E-state index contributed by atoms with van der Waals surface area (Å²) in [5.74, 6) is -0.710. The van der Waals surface area contributed by atoms with Crippen LogP contribution < -0.4 is 33.0 Å². The maximum absolute atomic E-state index is 13.5. The van der Waals surface area contributed by atoms with Crippen LogP contribution in [0.1, 0.15) is 29.8 Å². The highest BCUT2D eigenvalue weighted by Gasteiger charge is 2.24. The molecule has 2 heterocycles. The summed E-state index contributed by atoms with van der Waals surface area (Å²) in [6.45, 7) is 3.87. The zero-order chi connectivity index (χ0) is 25.3. The van der Waals surface area contributed by atoms with E-state index in [1.165, 1.54) is 26.2 Å². The molecule has 4 N–H and O–H groups in total. The maximum atomic E-state index is 13.5. The Morgan fingerprint density at radius 2 is 1.66 bits per heavy atom. The van der Waals surface area contributed by atoms with Gasteiger partial charge in [-0.05, 0) is 37.6 Å². The van der Waals surface area contributed by atoms with Crippen molar-refractivity contribution in [2.75, 3.05) is 17.2 Å². The van der Waals surface area contributed by atoms with E-state index in [9.17, 15) is 24.0 Å². The predicted molar refractivity (Wildman–Crippen MR) is 133 cm³/mol. The molecule has 1 amide bonds. The number of aromatic amines is 2. The van der Waals surface area contributed by atoms with Crippen molar-refractivity contribution in [2.45, 2.75) is 26.9 Å². The van der Waals surface area contributed by atoms with Gasteiger partial charge in [0.05, 0.1) is 17.6 Å². The lowest BCUT2D eigenvalue weighted by molar-refractivity contribution is 0.0988. The second kappa shape index (κ2) is 9.29. The fourth-order valence-electron chi connectivity index (χ4n) is 4.05. The van der Waals surface area contributed by atoms with E-state index in [2.05, 4.69) is 9.97 Å². The standard InChI is InChI=1S/C24H24N6O5/c1-3-28-17-11-10-15(12-16(17)26-21(32)23(28)34)22(33)29(4-2)18-19(25)30(24(35)27-20(18)31)13-14-8-6-5-7-9-14/h5-12H,3-4,13,25H2,1-2H3,(H,26,32)(H,27,31,35). The molecule has 0 aliphatic heterocycles. The Kier molecular flexibility index (Phi) is 6.24. The number of hydrogen-bond acceptors (Lipinski definition) is 6. The number of H-pyrrole nitrogens is 2. The van der Waals surface area contributed by atoms with E-state index in [0.717, 1.165) is 5.56 Å². The Labute approximate surface area is 198 Å². The number of carbonyl (C=O) groups excluding carboxylic acids is 1. The lowest BCUT2D eigenvalue weighted by atomic mass is 10.1. The minimum Gasteiger partial charge on any atom is -0.383 e. The number of nitrogens with one attached hydrogen (secondary N) is 2. The molecule has 0 radical (unpaired) electrons. The molecule has 2 aromatic carbocycles. The molecule has 2 aromatic heterocycles. The number of nitrogens with zero attached hydrogens (tertiary/aromatic N) is 3. The number of amides is 1. The number of aryl methyl sites for hydroxylation is 1. The molecule has 0 saturated carbocycles. The first kappa shape index (κ1) is 23.5. The van der Waals surface area contributed by atoms with Crippen LogP contribution in [0.3, 0.4) is 0 Å². The van der Waals surface area contributed by atoms with Crippen molar-refractivity contribution >= 4 is 28.4 Å². The summed E-state index contributed by atoms with van der Waals surface area (Å²) in [6, 6.07) is 13.6. The third kappa shape index (κ3) is 4.19. The number of nitrogens with two attached hydrogens (primary N) is 1. The van der Waals surface area contributed by atoms with Gasteiger partial charge in [-0.15, -0.1) is 0 Å². The monoisotopic (exact) mass is 476 g/mol. The number of nitrogen functional groups attached to an aromatic ring is 1. The topological polar surface area (TPSA) is 156 Å². The van der Waals surface area contributed by atoms with Crippen LogP contribution in [0.15, 0.2) is 67.7 Å². The van der Waals surface area contributed by atoms with Gasteiger partial charge in [0.2, 0.25) is 0 Å². The molecule has 0 aliphatic carbocycles. The number of carbonyl (C=O) groups is 1. The summed E-state index contributed by atoms with van der Waals surface area (Å²) in [4.78, 5) is 68.7. The summed E-state index contributed by atoms with van der Waals surface area (Å²) < 4.78 is 2.50. The summed E-state index contributed by atoms with van der Waals surface area (Å²) >= 11 is 0. The molecule has 0 spiro atoms. The van der Waals surface area contributed by atoms with Crippen LogP contribution in [0, 0.1) is 0 Å². The van der Waals surface area contributed by atoms with Crippen molar-refractivity contribution in [1.82, 2.24) is 19.1 Å². The van der Waals surface area contributed by atoms with E-state index in [4.69, 9.17) is 5.73 Å². The highest BCUT2D eigenvalue weighted by atomic mass is 16.2. The van der Waals surface area contributed by atoms with Crippen molar-refractivity contribution in [3.8, 4) is 0 Å². The van der Waals surface area contributed by atoms with Gasteiger partial charge in [-0.2, -0.15) is 0 Å². The SMILES string of the molecule is CCN(C(=O)c1ccc2c(c1)[nH]c(=O)c(=O)n2CC)c1c(N)n(Cc2ccccc2)c(=O)[nH]c1=O. The van der Waals surface area contributed by atoms with Crippen molar-refractivity contribution < 1.29 is 4.79 Å². The molecule has 0 bridgehead atoms. The second-order valence-corrected chi connectivity index (χ2v) is 7.85. The zero-order valence-corrected chi connectivity index (χ0v) is 19.2. The van der Waals surface area contributed by atoms with Gasteiger partial charge in [-0.3, -0.25) is 28.7 Å². The molecule has 0 fully saturated rings. The van der Waals surface area contributed by atoms with Gasteiger partial charge >= 0.3 is 16.8 Å². The van der Waals surface area contributed by atoms with Crippen LogP contribution in [0.4, 0.5) is 11.5 Å². The normalized spacial score (nSPS) is 11.0. The van der Waals surface area contributed by atoms with Crippen LogP contribution in [0.25, 0.3) is 11.0 Å². The molecule has 4 aromatic rings. The van der Waals surface area contributed by atoms with Gasteiger partial charge in [0.25, 0.3) is 11.5 Å². The lowest BCUT2D eigenvalue weighted by Crippen LogP contribution is -2.41. The Morgan fingerprint density at radius 1 is 0.943 bits per heavy atom. The quantitative estimate of drug-likeness (QED) is 0.350. The van der Waals surface area contributed by atoms with Gasteiger partial charge in [0.1, 0.15) is 5.82 Å². The first-order valence-electron chi connectivity index (χ1n) is 11.0. The fourth-order valence-corrected chi connectivity index (χ4v) is 4.05. The van der Waals surface area contributed by atoms with Gasteiger partial charge in [0.15, 0.2) is 5.69 Å². The van der Waals surface area contributed by atoms with Gasteiger partial charge in [0, 0.05) is 18.7 Å². The maximum Gasteiger partial charge on any atom is 0.330 e. The molecule has 35 heavy (non-hydrogen) atoms. The van der Waals surface area contributed by atoms with Crippen LogP contribution in [-0.2, 0) is 13.1 Å². The average Bonchev–Trinajstić information content (AvgIpc) is 2.85. The minimum absolute atomic E-state index is 0.0820. The zero-order valence-electron chi connectivity index (χ0n) is 19.2. The molecule has 11 nitrogen and oxygen atoms in total. The van der Waals surface area contributed by atoms with E-state index in [1.807, 2.05) is 30.3 Å². The first-order valence-corrected chi connectivity index (χ1v) is 11.0. The Balaban J connectivity index is 1.81. The van der Waals surface area contributed by atoms with E-state index < -0.39 is 28.3 Å². The van der Waals surface area contributed by atoms with Gasteiger partial charge in [-0.1, -0.05) is 30.3 Å². The third-order valence-corrected chi connectivity index (χ3v) is 5.77. The average molecular weight is 476 g/mol. The molecule has 0 atom stereocenters. The minimum atomic E-state index is -0.801.